The van der Waals surface area contributed by atoms with Crippen molar-refractivity contribution in [2.45, 2.75) is 26.8 Å². The molecule has 2 atom stereocenters. The molecular formula is C19H24FN3O2S. The molecule has 2 heterocycles. The van der Waals surface area contributed by atoms with Gasteiger partial charge in [0, 0.05) is 30.6 Å². The van der Waals surface area contributed by atoms with Crippen LogP contribution in [0, 0.1) is 17.7 Å². The van der Waals surface area contributed by atoms with Gasteiger partial charge < -0.3 is 4.74 Å². The number of rotatable bonds is 5. The van der Waals surface area contributed by atoms with Crippen LogP contribution < -0.4 is 10.1 Å². The smallest absolute Gasteiger partial charge is 0.257 e. The second kappa shape index (κ2) is 8.14. The van der Waals surface area contributed by atoms with Gasteiger partial charge in [-0.1, -0.05) is 13.8 Å². The predicted octanol–water partition coefficient (Wildman–Crippen LogP) is 4.02. The molecule has 0 unspecified atom stereocenters. The number of hydrogen-bond donors (Lipinski definition) is 1. The van der Waals surface area contributed by atoms with E-state index in [4.69, 9.17) is 4.74 Å². The molecule has 1 aromatic carbocycles. The van der Waals surface area contributed by atoms with E-state index in [-0.39, 0.29) is 17.2 Å². The fourth-order valence-electron chi connectivity index (χ4n) is 3.56. The minimum atomic E-state index is -0.562. The largest absolute Gasteiger partial charge is 0.494 e. The summed E-state index contributed by atoms with van der Waals surface area (Å²) in [7, 11) is 1.39. The zero-order valence-corrected chi connectivity index (χ0v) is 16.1. The van der Waals surface area contributed by atoms with E-state index in [0.717, 1.165) is 25.3 Å². The third-order valence-electron chi connectivity index (χ3n) is 4.52. The number of piperidine rings is 1. The van der Waals surface area contributed by atoms with Crippen LogP contribution in [0.4, 0.5) is 9.52 Å². The number of thiazole rings is 1. The van der Waals surface area contributed by atoms with Gasteiger partial charge in [-0.25, -0.2) is 9.37 Å². The first-order valence-electron chi connectivity index (χ1n) is 8.76. The van der Waals surface area contributed by atoms with Gasteiger partial charge >= 0.3 is 0 Å². The molecule has 0 radical (unpaired) electrons. The molecule has 0 bridgehead atoms. The summed E-state index contributed by atoms with van der Waals surface area (Å²) >= 11 is 1.39. The fraction of sp³-hybridized carbons (Fsp3) is 0.474. The van der Waals surface area contributed by atoms with Gasteiger partial charge in [0.1, 0.15) is 0 Å². The molecule has 1 aliphatic heterocycles. The number of anilines is 1. The van der Waals surface area contributed by atoms with Crippen LogP contribution in [0.3, 0.4) is 0 Å². The van der Waals surface area contributed by atoms with Crippen LogP contribution in [0.5, 0.6) is 5.75 Å². The third-order valence-corrected chi connectivity index (χ3v) is 5.32. The summed E-state index contributed by atoms with van der Waals surface area (Å²) in [5.41, 5.74) is 1.19. The molecule has 1 fully saturated rings. The van der Waals surface area contributed by atoms with Crippen LogP contribution >= 0.6 is 11.3 Å². The number of amides is 1. The molecule has 0 saturated carbocycles. The maximum Gasteiger partial charge on any atom is 0.257 e. The van der Waals surface area contributed by atoms with Gasteiger partial charge in [-0.05, 0) is 36.5 Å². The lowest BCUT2D eigenvalue weighted by atomic mass is 9.92. The summed E-state index contributed by atoms with van der Waals surface area (Å²) in [6.45, 7) is 7.51. The van der Waals surface area contributed by atoms with Crippen molar-refractivity contribution >= 4 is 22.4 Å². The zero-order valence-electron chi connectivity index (χ0n) is 15.3. The van der Waals surface area contributed by atoms with Crippen LogP contribution in [-0.4, -0.2) is 36.0 Å². The average Bonchev–Trinajstić information content (AvgIpc) is 3.00. The van der Waals surface area contributed by atoms with Crippen LogP contribution in [0.15, 0.2) is 23.6 Å². The van der Waals surface area contributed by atoms with Gasteiger partial charge in [-0.3, -0.25) is 15.0 Å². The first-order valence-corrected chi connectivity index (χ1v) is 9.64. The fourth-order valence-corrected chi connectivity index (χ4v) is 4.26. The number of likely N-dealkylation sites (tertiary alicyclic amines) is 1. The summed E-state index contributed by atoms with van der Waals surface area (Å²) in [5.74, 6) is 0.562. The number of ether oxygens (including phenoxy) is 1. The maximum absolute atomic E-state index is 13.8. The van der Waals surface area contributed by atoms with Crippen molar-refractivity contribution in [3.63, 3.8) is 0 Å². The minimum Gasteiger partial charge on any atom is -0.494 e. The standard InChI is InChI=1S/C19H24FN3O2S/c1-12-6-13(2)9-23(8-12)10-15-11-26-19(21-15)22-18(24)14-4-5-17(25-3)16(20)7-14/h4-5,7,11-13H,6,8-10H2,1-3H3,(H,21,22,24)/t12-,13+. The molecule has 1 saturated heterocycles. The molecule has 7 heteroatoms. The maximum atomic E-state index is 13.8. The molecule has 140 valence electrons. The highest BCUT2D eigenvalue weighted by atomic mass is 32.1. The van der Waals surface area contributed by atoms with Gasteiger partial charge in [0.05, 0.1) is 12.8 Å². The van der Waals surface area contributed by atoms with E-state index in [1.165, 1.54) is 43.1 Å². The van der Waals surface area contributed by atoms with Crippen LogP contribution in [0.1, 0.15) is 36.3 Å². The number of benzene rings is 1. The molecule has 0 spiro atoms. The molecular weight excluding hydrogens is 353 g/mol. The van der Waals surface area contributed by atoms with E-state index < -0.39 is 5.82 Å². The zero-order chi connectivity index (χ0) is 18.7. The van der Waals surface area contributed by atoms with E-state index in [9.17, 15) is 9.18 Å². The van der Waals surface area contributed by atoms with Crippen molar-refractivity contribution in [3.8, 4) is 5.75 Å². The van der Waals surface area contributed by atoms with Crippen molar-refractivity contribution in [3.05, 3.63) is 40.7 Å². The number of hydrogen-bond acceptors (Lipinski definition) is 5. The Labute approximate surface area is 157 Å². The Hall–Kier alpha value is -1.99. The molecule has 2 aromatic rings. The molecule has 3 rings (SSSR count). The van der Waals surface area contributed by atoms with E-state index in [1.54, 1.807) is 0 Å². The lowest BCUT2D eigenvalue weighted by Crippen LogP contribution is -2.38. The Bertz CT molecular complexity index is 770. The summed E-state index contributed by atoms with van der Waals surface area (Å²) in [4.78, 5) is 19.2. The molecule has 5 nitrogen and oxygen atoms in total. The normalized spacial score (nSPS) is 20.8. The van der Waals surface area contributed by atoms with E-state index >= 15 is 0 Å². The SMILES string of the molecule is COc1ccc(C(=O)Nc2nc(CN3C[C@H](C)C[C@H](C)C3)cs2)cc1F. The van der Waals surface area contributed by atoms with Gasteiger partial charge in [0.15, 0.2) is 16.7 Å². The second-order valence-corrected chi connectivity index (χ2v) is 7.95. The lowest BCUT2D eigenvalue weighted by Gasteiger charge is -2.34. The first kappa shape index (κ1) is 18.8. The first-order chi connectivity index (χ1) is 12.4. The average molecular weight is 377 g/mol. The number of carbonyl (C=O) groups is 1. The molecule has 1 aromatic heterocycles. The highest BCUT2D eigenvalue weighted by Gasteiger charge is 2.22. The Balaban J connectivity index is 1.61. The number of carbonyl (C=O) groups excluding carboxylic acids is 1. The van der Waals surface area contributed by atoms with Crippen molar-refractivity contribution in [2.24, 2.45) is 11.8 Å². The number of nitrogens with one attached hydrogen (secondary N) is 1. The van der Waals surface area contributed by atoms with Crippen LogP contribution in [0.25, 0.3) is 0 Å². The quantitative estimate of drug-likeness (QED) is 0.855. The van der Waals surface area contributed by atoms with Crippen molar-refractivity contribution in [1.82, 2.24) is 9.88 Å². The van der Waals surface area contributed by atoms with E-state index in [1.807, 2.05) is 5.38 Å². The molecule has 26 heavy (non-hydrogen) atoms. The predicted molar refractivity (Wildman–Crippen MR) is 101 cm³/mol. The van der Waals surface area contributed by atoms with Gasteiger partial charge in [-0.2, -0.15) is 0 Å². The monoisotopic (exact) mass is 377 g/mol. The topological polar surface area (TPSA) is 54.5 Å². The van der Waals surface area contributed by atoms with E-state index in [0.29, 0.717) is 17.0 Å². The Morgan fingerprint density at radius 1 is 1.38 bits per heavy atom. The Morgan fingerprint density at radius 3 is 2.77 bits per heavy atom. The lowest BCUT2D eigenvalue weighted by molar-refractivity contribution is 0.102. The van der Waals surface area contributed by atoms with Gasteiger partial charge in [0.25, 0.3) is 5.91 Å². The second-order valence-electron chi connectivity index (χ2n) is 7.09. The van der Waals surface area contributed by atoms with Gasteiger partial charge in [0.2, 0.25) is 0 Å². The van der Waals surface area contributed by atoms with E-state index in [2.05, 4.69) is 29.0 Å². The summed E-state index contributed by atoms with van der Waals surface area (Å²) in [5, 5.41) is 5.23. The Morgan fingerprint density at radius 2 is 2.12 bits per heavy atom. The molecule has 1 amide bonds. The minimum absolute atomic E-state index is 0.114. The van der Waals surface area contributed by atoms with Crippen molar-refractivity contribution < 1.29 is 13.9 Å². The third kappa shape index (κ3) is 4.59. The molecule has 1 aliphatic rings. The number of halogens is 1. The summed E-state index contributed by atoms with van der Waals surface area (Å²) < 4.78 is 18.6. The van der Waals surface area contributed by atoms with Crippen LogP contribution in [-0.2, 0) is 6.54 Å². The number of aromatic nitrogens is 1. The summed E-state index contributed by atoms with van der Waals surface area (Å²) in [6, 6.07) is 4.14. The summed E-state index contributed by atoms with van der Waals surface area (Å²) in [6.07, 6.45) is 1.27. The molecule has 0 aliphatic carbocycles. The Kier molecular flexibility index (Phi) is 5.88. The van der Waals surface area contributed by atoms with Crippen molar-refractivity contribution in [1.29, 1.82) is 0 Å². The van der Waals surface area contributed by atoms with Gasteiger partial charge in [-0.15, -0.1) is 11.3 Å². The number of methoxy groups -OCH3 is 1. The van der Waals surface area contributed by atoms with Crippen LogP contribution in [0.2, 0.25) is 0 Å². The highest BCUT2D eigenvalue weighted by Crippen LogP contribution is 2.24. The molecule has 1 N–H and O–H groups in total. The van der Waals surface area contributed by atoms with Crippen molar-refractivity contribution in [2.75, 3.05) is 25.5 Å². The number of nitrogens with zero attached hydrogens (tertiary/aromatic N) is 2. The highest BCUT2D eigenvalue weighted by molar-refractivity contribution is 7.13.